The Morgan fingerprint density at radius 1 is 0.262 bits per heavy atom. The molecule has 0 saturated carbocycles. The highest BCUT2D eigenvalue weighted by molar-refractivity contribution is 7.99. The summed E-state index contributed by atoms with van der Waals surface area (Å²) < 4.78 is 6.79. The van der Waals surface area contributed by atoms with Gasteiger partial charge in [-0.2, -0.15) is 0 Å². The van der Waals surface area contributed by atoms with Crippen molar-refractivity contribution < 1.29 is 4.74 Å². The first-order valence-corrected chi connectivity index (χ1v) is 30.0. The molecule has 5 aliphatic rings. The molecule has 2 spiro atoms. The molecule has 3 heteroatoms. The zero-order valence-electron chi connectivity index (χ0n) is 45.7. The van der Waals surface area contributed by atoms with Gasteiger partial charge in [-0.15, -0.1) is 0 Å². The number of nitrogens with zero attached hydrogens (tertiary/aromatic N) is 1. The van der Waals surface area contributed by atoms with Crippen molar-refractivity contribution in [3.8, 4) is 56.0 Å². The molecule has 0 atom stereocenters. The summed E-state index contributed by atoms with van der Waals surface area (Å²) in [6.07, 6.45) is 0. The third kappa shape index (κ3) is 6.16. The molecule has 0 unspecified atom stereocenters. The number of ether oxygens (including phenoxy) is 1. The molecule has 13 aromatic rings. The van der Waals surface area contributed by atoms with Crippen LogP contribution in [0.2, 0.25) is 0 Å². The van der Waals surface area contributed by atoms with Gasteiger partial charge in [-0.05, 0) is 144 Å². The maximum absolute atomic E-state index is 6.79. The second kappa shape index (κ2) is 17.9. The fourth-order valence-corrected chi connectivity index (χ4v) is 17.2. The van der Waals surface area contributed by atoms with Gasteiger partial charge in [0.25, 0.3) is 0 Å². The van der Waals surface area contributed by atoms with Crippen LogP contribution in [0.25, 0.3) is 44.5 Å². The second-order valence-electron chi connectivity index (χ2n) is 22.9. The van der Waals surface area contributed by atoms with Crippen molar-refractivity contribution in [2.45, 2.75) is 26.0 Å². The van der Waals surface area contributed by atoms with Gasteiger partial charge in [0.05, 0.1) is 27.6 Å². The molecular formula is C81H51NOS. The van der Waals surface area contributed by atoms with Crippen molar-refractivity contribution in [3.63, 3.8) is 0 Å². The van der Waals surface area contributed by atoms with E-state index >= 15 is 0 Å². The first kappa shape index (κ1) is 47.4. The molecule has 13 aromatic carbocycles. The largest absolute Gasteiger partial charge is 0.457 e. The molecule has 2 aliphatic heterocycles. The zero-order chi connectivity index (χ0) is 55.1. The van der Waals surface area contributed by atoms with Crippen molar-refractivity contribution in [2.75, 3.05) is 4.90 Å². The van der Waals surface area contributed by atoms with Gasteiger partial charge in [0.1, 0.15) is 11.5 Å². The van der Waals surface area contributed by atoms with E-state index in [1.54, 1.807) is 0 Å². The minimum absolute atomic E-state index is 0.563. The smallest absolute Gasteiger partial charge is 0.132 e. The molecule has 3 aliphatic carbocycles. The monoisotopic (exact) mass is 1090 g/mol. The quantitative estimate of drug-likeness (QED) is 0.165. The predicted molar refractivity (Wildman–Crippen MR) is 343 cm³/mol. The zero-order valence-corrected chi connectivity index (χ0v) is 46.5. The van der Waals surface area contributed by atoms with Gasteiger partial charge in [-0.1, -0.05) is 267 Å². The number of hydrogen-bond donors (Lipinski definition) is 0. The van der Waals surface area contributed by atoms with Crippen LogP contribution in [0.5, 0.6) is 11.5 Å². The topological polar surface area (TPSA) is 12.5 Å². The number of hydrogen-bond acceptors (Lipinski definition) is 3. The fourth-order valence-electron chi connectivity index (χ4n) is 16.0. The van der Waals surface area contributed by atoms with Crippen molar-refractivity contribution in [3.05, 3.63) is 376 Å². The lowest BCUT2D eigenvalue weighted by atomic mass is 9.66. The van der Waals surface area contributed by atoms with Gasteiger partial charge in [0, 0.05) is 37.7 Å². The third-order valence-corrected chi connectivity index (χ3v) is 20.2. The number of fused-ring (bicyclic) bond motifs is 21. The molecule has 0 fully saturated rings. The molecule has 0 N–H and O–H groups in total. The van der Waals surface area contributed by atoms with Crippen LogP contribution in [-0.2, 0) is 16.2 Å². The van der Waals surface area contributed by atoms with Gasteiger partial charge in [-0.3, -0.25) is 0 Å². The van der Waals surface area contributed by atoms with Crippen LogP contribution in [-0.4, -0.2) is 0 Å². The van der Waals surface area contributed by atoms with Crippen molar-refractivity contribution in [2.24, 2.45) is 0 Å². The fraction of sp³-hybridized carbons (Fsp3) is 0.0370. The summed E-state index contributed by atoms with van der Waals surface area (Å²) in [6, 6.07) is 116. The van der Waals surface area contributed by atoms with Gasteiger partial charge in [0.2, 0.25) is 0 Å². The maximum atomic E-state index is 6.79. The van der Waals surface area contributed by atoms with Crippen LogP contribution < -0.4 is 9.64 Å². The van der Waals surface area contributed by atoms with E-state index in [4.69, 9.17) is 4.74 Å². The van der Waals surface area contributed by atoms with Gasteiger partial charge < -0.3 is 9.64 Å². The van der Waals surface area contributed by atoms with Crippen LogP contribution in [0.1, 0.15) is 66.8 Å². The van der Waals surface area contributed by atoms with Crippen LogP contribution in [0.4, 0.5) is 17.1 Å². The van der Waals surface area contributed by atoms with E-state index in [9.17, 15) is 0 Å². The normalized spacial score (nSPS) is 14.8. The Hall–Kier alpha value is -10.2. The van der Waals surface area contributed by atoms with Gasteiger partial charge >= 0.3 is 0 Å². The Bertz CT molecular complexity index is 4750. The Morgan fingerprint density at radius 3 is 1.35 bits per heavy atom. The lowest BCUT2D eigenvalue weighted by Gasteiger charge is -2.40. The highest BCUT2D eigenvalue weighted by Gasteiger charge is 2.54. The summed E-state index contributed by atoms with van der Waals surface area (Å²) >= 11 is 1.89. The number of rotatable bonds is 6. The summed E-state index contributed by atoms with van der Waals surface area (Å²) in [5.41, 5.74) is 26.4. The maximum Gasteiger partial charge on any atom is 0.132 e. The van der Waals surface area contributed by atoms with E-state index in [1.165, 1.54) is 98.8 Å². The minimum atomic E-state index is -0.607. The summed E-state index contributed by atoms with van der Waals surface area (Å²) in [5.74, 6) is 1.77. The predicted octanol–water partition coefficient (Wildman–Crippen LogP) is 20.5. The van der Waals surface area contributed by atoms with Crippen LogP contribution >= 0.6 is 11.8 Å². The second-order valence-corrected chi connectivity index (χ2v) is 23.9. The van der Waals surface area contributed by atoms with E-state index in [1.807, 2.05) is 11.8 Å². The van der Waals surface area contributed by atoms with Crippen LogP contribution in [0, 0.1) is 0 Å². The SMILES string of the molecule is c1ccc(C2(c3ccccc3)c3ccccc3-c3ccc(-c4ccccc4N(c4ccc5c(c4)-c4ccccc4C54c5ccccc5Oc5ccccc54)c4cccc5c4-c4ccccc4C54c5ccccc5Sc5ccccc54)cc32)cc1. The first-order valence-electron chi connectivity index (χ1n) is 29.1. The highest BCUT2D eigenvalue weighted by Crippen LogP contribution is 2.67. The Labute approximate surface area is 493 Å². The molecule has 18 rings (SSSR count). The lowest BCUT2D eigenvalue weighted by Crippen LogP contribution is -2.32. The number of benzene rings is 13. The average molecular weight is 1090 g/mol. The third-order valence-electron chi connectivity index (χ3n) is 19.1. The highest BCUT2D eigenvalue weighted by atomic mass is 32.2. The molecule has 0 radical (unpaired) electrons. The van der Waals surface area contributed by atoms with Crippen LogP contribution in [0.3, 0.4) is 0 Å². The Balaban J connectivity index is 0.926. The standard InChI is InChI=1S/C81H51NOS/c1-3-24-53(25-4-1)79(54-26-5-2-6-27-54)62-32-11-7-29-57(62)59-48-46-52(50-71(59)79)56-28-10-18-40-72(56)82(55-47-49-65-61(51-55)58-30-8-12-33-63(58)80(65)66-35-14-19-42-74(66)83-75-43-20-15-36-67(75)80)73-41-23-39-70-78(73)60-31-9-13-34-64(60)81(70)68-37-16-21-44-76(68)84-77-45-22-17-38-69(77)81/h1-51H. The summed E-state index contributed by atoms with van der Waals surface area (Å²) in [5, 5.41) is 0. The Morgan fingerprint density at radius 2 is 0.702 bits per heavy atom. The van der Waals surface area contributed by atoms with Crippen molar-refractivity contribution in [1.82, 2.24) is 0 Å². The molecular weight excluding hydrogens is 1030 g/mol. The van der Waals surface area contributed by atoms with Crippen LogP contribution in [0.15, 0.2) is 319 Å². The summed E-state index contributed by atoms with van der Waals surface area (Å²) in [4.78, 5) is 5.17. The van der Waals surface area contributed by atoms with E-state index in [2.05, 4.69) is 314 Å². The molecule has 0 amide bonds. The molecule has 2 nitrogen and oxygen atoms in total. The molecule has 2 heterocycles. The summed E-state index contributed by atoms with van der Waals surface area (Å²) in [6.45, 7) is 0. The van der Waals surface area contributed by atoms with Crippen molar-refractivity contribution >= 4 is 28.8 Å². The van der Waals surface area contributed by atoms with Gasteiger partial charge in [0.15, 0.2) is 0 Å². The first-order chi connectivity index (χ1) is 41.7. The summed E-state index contributed by atoms with van der Waals surface area (Å²) in [7, 11) is 0. The van der Waals surface area contributed by atoms with E-state index in [0.29, 0.717) is 0 Å². The Kier molecular flexibility index (Phi) is 10.1. The molecule has 0 saturated heterocycles. The van der Waals surface area contributed by atoms with E-state index in [-0.39, 0.29) is 0 Å². The van der Waals surface area contributed by atoms with Crippen molar-refractivity contribution in [1.29, 1.82) is 0 Å². The average Bonchev–Trinajstić information content (AvgIpc) is 2.47. The molecule has 392 valence electrons. The van der Waals surface area contributed by atoms with E-state index in [0.717, 1.165) is 50.8 Å². The van der Waals surface area contributed by atoms with Gasteiger partial charge in [-0.25, -0.2) is 0 Å². The molecule has 84 heavy (non-hydrogen) atoms. The minimum Gasteiger partial charge on any atom is -0.457 e. The molecule has 0 bridgehead atoms. The lowest BCUT2D eigenvalue weighted by molar-refractivity contribution is 0.436. The molecule has 0 aromatic heterocycles. The number of para-hydroxylation sites is 3. The van der Waals surface area contributed by atoms with E-state index < -0.39 is 16.2 Å². The number of anilines is 3.